The monoisotopic (exact) mass is 254 g/mol. The van der Waals surface area contributed by atoms with Crippen molar-refractivity contribution in [3.63, 3.8) is 0 Å². The highest BCUT2D eigenvalue weighted by molar-refractivity contribution is 6.34. The van der Waals surface area contributed by atoms with Crippen LogP contribution in [0.4, 0.5) is 10.5 Å². The fourth-order valence-electron chi connectivity index (χ4n) is 2.68. The van der Waals surface area contributed by atoms with Crippen molar-refractivity contribution in [3.8, 4) is 0 Å². The number of hydrogen-bond acceptors (Lipinski definition) is 2. The van der Waals surface area contributed by atoms with Crippen LogP contribution in [0.3, 0.4) is 0 Å². The van der Waals surface area contributed by atoms with Crippen molar-refractivity contribution in [1.82, 2.24) is 4.90 Å². The van der Waals surface area contributed by atoms with Crippen LogP contribution in [0, 0.1) is 0 Å². The van der Waals surface area contributed by atoms with Crippen molar-refractivity contribution < 1.29 is 9.90 Å². The minimum absolute atomic E-state index is 0.348. The van der Waals surface area contributed by atoms with Gasteiger partial charge in [-0.15, -0.1) is 6.58 Å². The smallest absolute Gasteiger partial charge is 0.408 e. The lowest BCUT2D eigenvalue weighted by molar-refractivity contribution is 0.131. The molecule has 4 heteroatoms. The first-order valence-corrected chi connectivity index (χ1v) is 6.11. The number of benzene rings is 1. The first-order valence-electron chi connectivity index (χ1n) is 6.11. The standard InChI is InChI=1S/C15H14N2O2/c1-3-15(2)13-11(8-9-17(15)14(18)19)10-6-4-5-7-12(10)16-13/h3-8H,1,9H2,2H3,(H,18,19). The highest BCUT2D eigenvalue weighted by Crippen LogP contribution is 2.42. The molecule has 0 aromatic heterocycles. The maximum atomic E-state index is 11.4. The van der Waals surface area contributed by atoms with Crippen LogP contribution >= 0.6 is 0 Å². The predicted molar refractivity (Wildman–Crippen MR) is 74.8 cm³/mol. The summed E-state index contributed by atoms with van der Waals surface area (Å²) in [6.45, 7) is 5.99. The largest absolute Gasteiger partial charge is 0.465 e. The molecule has 1 aromatic rings. The molecular weight excluding hydrogens is 240 g/mol. The number of carbonyl (C=O) groups is 1. The number of rotatable bonds is 1. The highest BCUT2D eigenvalue weighted by Gasteiger charge is 2.44. The van der Waals surface area contributed by atoms with Gasteiger partial charge in [-0.05, 0) is 13.0 Å². The summed E-state index contributed by atoms with van der Waals surface area (Å²) in [5, 5.41) is 9.34. The molecule has 1 aromatic carbocycles. The molecule has 4 nitrogen and oxygen atoms in total. The van der Waals surface area contributed by atoms with Crippen molar-refractivity contribution in [2.75, 3.05) is 6.54 Å². The Labute approximate surface area is 111 Å². The Morgan fingerprint density at radius 1 is 1.53 bits per heavy atom. The van der Waals surface area contributed by atoms with Gasteiger partial charge in [0.25, 0.3) is 0 Å². The van der Waals surface area contributed by atoms with E-state index < -0.39 is 11.6 Å². The summed E-state index contributed by atoms with van der Waals surface area (Å²) in [4.78, 5) is 17.3. The lowest BCUT2D eigenvalue weighted by Crippen LogP contribution is -2.55. The van der Waals surface area contributed by atoms with Crippen LogP contribution in [-0.4, -0.2) is 33.9 Å². The van der Waals surface area contributed by atoms with Gasteiger partial charge in [-0.3, -0.25) is 4.90 Å². The fourth-order valence-corrected chi connectivity index (χ4v) is 2.68. The Balaban J connectivity index is 2.19. The number of nitrogens with zero attached hydrogens (tertiary/aromatic N) is 2. The molecule has 1 unspecified atom stereocenters. The van der Waals surface area contributed by atoms with Gasteiger partial charge in [0.15, 0.2) is 0 Å². The number of para-hydroxylation sites is 1. The Bertz CT molecular complexity index is 645. The number of hydrogen-bond donors (Lipinski definition) is 1. The zero-order valence-corrected chi connectivity index (χ0v) is 10.6. The molecule has 0 spiro atoms. The van der Waals surface area contributed by atoms with Crippen LogP contribution in [-0.2, 0) is 0 Å². The predicted octanol–water partition coefficient (Wildman–Crippen LogP) is 3.09. The van der Waals surface area contributed by atoms with Crippen molar-refractivity contribution in [2.24, 2.45) is 4.99 Å². The maximum Gasteiger partial charge on any atom is 0.408 e. The Morgan fingerprint density at radius 3 is 2.95 bits per heavy atom. The van der Waals surface area contributed by atoms with E-state index in [4.69, 9.17) is 0 Å². The fraction of sp³-hybridized carbons (Fsp3) is 0.200. The Morgan fingerprint density at radius 2 is 2.26 bits per heavy atom. The molecule has 0 bridgehead atoms. The molecular formula is C15H14N2O2. The lowest BCUT2D eigenvalue weighted by Gasteiger charge is -2.40. The second-order valence-electron chi connectivity index (χ2n) is 4.84. The SMILES string of the molecule is C=CC1(C)C2=Nc3ccccc3C2=CCN1C(=O)O. The first kappa shape index (κ1) is 11.7. The van der Waals surface area contributed by atoms with Gasteiger partial charge in [-0.25, -0.2) is 9.79 Å². The van der Waals surface area contributed by atoms with Crippen LogP contribution < -0.4 is 0 Å². The molecule has 0 radical (unpaired) electrons. The zero-order valence-electron chi connectivity index (χ0n) is 10.6. The summed E-state index contributed by atoms with van der Waals surface area (Å²) in [7, 11) is 0. The molecule has 2 aliphatic rings. The second-order valence-corrected chi connectivity index (χ2v) is 4.84. The molecule has 3 rings (SSSR count). The number of carboxylic acid groups (broad SMARTS) is 1. The van der Waals surface area contributed by atoms with Gasteiger partial charge in [0.2, 0.25) is 0 Å². The number of fused-ring (bicyclic) bond motifs is 3. The summed E-state index contributed by atoms with van der Waals surface area (Å²) in [5.74, 6) is 0. The van der Waals surface area contributed by atoms with E-state index in [1.165, 1.54) is 4.90 Å². The van der Waals surface area contributed by atoms with Gasteiger partial charge in [-0.1, -0.05) is 30.4 Å². The van der Waals surface area contributed by atoms with Gasteiger partial charge < -0.3 is 5.11 Å². The molecule has 19 heavy (non-hydrogen) atoms. The lowest BCUT2D eigenvalue weighted by atomic mass is 9.84. The van der Waals surface area contributed by atoms with Gasteiger partial charge in [0.05, 0.1) is 11.4 Å². The average Bonchev–Trinajstić information content (AvgIpc) is 2.79. The summed E-state index contributed by atoms with van der Waals surface area (Å²) in [6.07, 6.45) is 2.61. The number of aliphatic imine (C=N–C) groups is 1. The summed E-state index contributed by atoms with van der Waals surface area (Å²) in [6, 6.07) is 7.85. The van der Waals surface area contributed by atoms with Crippen molar-refractivity contribution >= 4 is 23.1 Å². The third kappa shape index (κ3) is 1.46. The summed E-state index contributed by atoms with van der Waals surface area (Å²) >= 11 is 0. The van der Waals surface area contributed by atoms with Gasteiger partial charge in [-0.2, -0.15) is 0 Å². The van der Waals surface area contributed by atoms with Crippen molar-refractivity contribution in [1.29, 1.82) is 0 Å². The van der Waals surface area contributed by atoms with E-state index in [9.17, 15) is 9.90 Å². The van der Waals surface area contributed by atoms with Gasteiger partial charge >= 0.3 is 6.09 Å². The van der Waals surface area contributed by atoms with E-state index in [-0.39, 0.29) is 0 Å². The second kappa shape index (κ2) is 3.82. The van der Waals surface area contributed by atoms with E-state index in [0.29, 0.717) is 6.54 Å². The Hall–Kier alpha value is -2.36. The van der Waals surface area contributed by atoms with Crippen LogP contribution in [0.2, 0.25) is 0 Å². The molecule has 0 saturated heterocycles. The highest BCUT2D eigenvalue weighted by atomic mass is 16.4. The minimum Gasteiger partial charge on any atom is -0.465 e. The normalized spacial score (nSPS) is 24.2. The molecule has 2 aliphatic heterocycles. The van der Waals surface area contributed by atoms with Crippen molar-refractivity contribution in [2.45, 2.75) is 12.5 Å². The van der Waals surface area contributed by atoms with Gasteiger partial charge in [0, 0.05) is 17.7 Å². The minimum atomic E-state index is -0.962. The van der Waals surface area contributed by atoms with E-state index in [1.54, 1.807) is 6.08 Å². The Kier molecular flexibility index (Phi) is 2.35. The zero-order chi connectivity index (χ0) is 13.6. The van der Waals surface area contributed by atoms with Crippen LogP contribution in [0.5, 0.6) is 0 Å². The van der Waals surface area contributed by atoms with E-state index in [1.807, 2.05) is 37.3 Å². The van der Waals surface area contributed by atoms with E-state index in [0.717, 1.165) is 22.5 Å². The number of amides is 1. The van der Waals surface area contributed by atoms with Crippen molar-refractivity contribution in [3.05, 3.63) is 48.6 Å². The quantitative estimate of drug-likeness (QED) is 0.783. The molecule has 1 atom stereocenters. The topological polar surface area (TPSA) is 52.9 Å². The van der Waals surface area contributed by atoms with E-state index >= 15 is 0 Å². The maximum absolute atomic E-state index is 11.4. The van der Waals surface area contributed by atoms with Crippen LogP contribution in [0.15, 0.2) is 48.0 Å². The summed E-state index contributed by atoms with van der Waals surface area (Å²) < 4.78 is 0. The molecule has 0 saturated carbocycles. The molecule has 0 aliphatic carbocycles. The summed E-state index contributed by atoms with van der Waals surface area (Å²) in [5.41, 5.74) is 2.96. The third-order valence-corrected chi connectivity index (χ3v) is 3.83. The molecule has 0 fully saturated rings. The average molecular weight is 254 g/mol. The molecule has 1 N–H and O–H groups in total. The molecule has 1 amide bonds. The third-order valence-electron chi connectivity index (χ3n) is 3.83. The van der Waals surface area contributed by atoms with Gasteiger partial charge in [0.1, 0.15) is 5.54 Å². The first-order chi connectivity index (χ1) is 9.08. The van der Waals surface area contributed by atoms with E-state index in [2.05, 4.69) is 11.6 Å². The van der Waals surface area contributed by atoms with Crippen LogP contribution in [0.25, 0.3) is 5.57 Å². The molecule has 2 heterocycles. The molecule has 96 valence electrons. The van der Waals surface area contributed by atoms with Crippen LogP contribution in [0.1, 0.15) is 12.5 Å².